The number of hydrogen-bond donors (Lipinski definition) is 1. The minimum atomic E-state index is 0.396. The van der Waals surface area contributed by atoms with E-state index in [9.17, 15) is 0 Å². The molecule has 0 aliphatic rings. The molecule has 1 N–H and O–H groups in total. The Morgan fingerprint density at radius 3 is 2.57 bits per heavy atom. The van der Waals surface area contributed by atoms with Crippen LogP contribution in [0.25, 0.3) is 0 Å². The van der Waals surface area contributed by atoms with Crippen LogP contribution in [0.4, 0.5) is 0 Å². The van der Waals surface area contributed by atoms with Crippen LogP contribution in [0.5, 0.6) is 0 Å². The van der Waals surface area contributed by atoms with E-state index in [4.69, 9.17) is 4.74 Å². The van der Waals surface area contributed by atoms with Gasteiger partial charge in [-0.1, -0.05) is 38.1 Å². The number of nitrogens with zero attached hydrogens (tertiary/aromatic N) is 1. The summed E-state index contributed by atoms with van der Waals surface area (Å²) in [6.07, 6.45) is 1.16. The van der Waals surface area contributed by atoms with Crippen molar-refractivity contribution in [2.75, 3.05) is 39.4 Å². The van der Waals surface area contributed by atoms with Crippen molar-refractivity contribution < 1.29 is 4.74 Å². The molecule has 0 fully saturated rings. The standard InChI is InChI=1S/C18H32N2O/c1-5-12-19-18(17-11-9-8-10-16(17)4)15-20(6-2)13-14-21-7-3/h8-11,18-19H,5-7,12-15H2,1-4H3. The van der Waals surface area contributed by atoms with Crippen LogP contribution in [0.2, 0.25) is 0 Å². The van der Waals surface area contributed by atoms with Gasteiger partial charge < -0.3 is 10.1 Å². The zero-order valence-corrected chi connectivity index (χ0v) is 14.2. The minimum Gasteiger partial charge on any atom is -0.380 e. The van der Waals surface area contributed by atoms with Crippen molar-refractivity contribution in [2.45, 2.75) is 40.2 Å². The zero-order valence-electron chi connectivity index (χ0n) is 14.2. The van der Waals surface area contributed by atoms with Gasteiger partial charge in [-0.05, 0) is 44.5 Å². The lowest BCUT2D eigenvalue weighted by molar-refractivity contribution is 0.111. The fraction of sp³-hybridized carbons (Fsp3) is 0.667. The third-order valence-electron chi connectivity index (χ3n) is 3.85. The Kier molecular flexibility index (Phi) is 9.31. The molecular formula is C18H32N2O. The maximum Gasteiger partial charge on any atom is 0.0593 e. The van der Waals surface area contributed by atoms with Gasteiger partial charge in [-0.3, -0.25) is 4.90 Å². The highest BCUT2D eigenvalue weighted by Gasteiger charge is 2.16. The monoisotopic (exact) mass is 292 g/mol. The Bertz CT molecular complexity index is 381. The van der Waals surface area contributed by atoms with Crippen molar-refractivity contribution >= 4 is 0 Å². The Hall–Kier alpha value is -0.900. The molecule has 0 aromatic heterocycles. The number of rotatable bonds is 11. The molecule has 1 atom stereocenters. The van der Waals surface area contributed by atoms with Crippen molar-refractivity contribution in [2.24, 2.45) is 0 Å². The van der Waals surface area contributed by atoms with Crippen LogP contribution < -0.4 is 5.32 Å². The predicted molar refractivity (Wildman–Crippen MR) is 90.8 cm³/mol. The molecule has 0 aliphatic heterocycles. The smallest absolute Gasteiger partial charge is 0.0593 e. The quantitative estimate of drug-likeness (QED) is 0.633. The van der Waals surface area contributed by atoms with Gasteiger partial charge in [0.2, 0.25) is 0 Å². The number of likely N-dealkylation sites (N-methyl/N-ethyl adjacent to an activating group) is 1. The summed E-state index contributed by atoms with van der Waals surface area (Å²) in [6.45, 7) is 14.5. The third-order valence-corrected chi connectivity index (χ3v) is 3.85. The molecule has 0 saturated carbocycles. The van der Waals surface area contributed by atoms with Gasteiger partial charge in [-0.2, -0.15) is 0 Å². The molecule has 3 heteroatoms. The fourth-order valence-electron chi connectivity index (χ4n) is 2.54. The lowest BCUT2D eigenvalue weighted by Crippen LogP contribution is -2.37. The number of aryl methyl sites for hydroxylation is 1. The van der Waals surface area contributed by atoms with E-state index in [1.165, 1.54) is 11.1 Å². The van der Waals surface area contributed by atoms with Crippen LogP contribution in [0.1, 0.15) is 44.4 Å². The average molecular weight is 292 g/mol. The SMILES string of the molecule is CCCNC(CN(CC)CCOCC)c1ccccc1C. The lowest BCUT2D eigenvalue weighted by atomic mass is 10.0. The van der Waals surface area contributed by atoms with Crippen molar-refractivity contribution in [1.29, 1.82) is 0 Å². The summed E-state index contributed by atoms with van der Waals surface area (Å²) in [6, 6.07) is 9.10. The summed E-state index contributed by atoms with van der Waals surface area (Å²) in [7, 11) is 0. The van der Waals surface area contributed by atoms with E-state index < -0.39 is 0 Å². The van der Waals surface area contributed by atoms with Gasteiger partial charge in [0.25, 0.3) is 0 Å². The van der Waals surface area contributed by atoms with Gasteiger partial charge >= 0.3 is 0 Å². The molecule has 120 valence electrons. The zero-order chi connectivity index (χ0) is 15.5. The number of hydrogen-bond acceptors (Lipinski definition) is 3. The van der Waals surface area contributed by atoms with Gasteiger partial charge in [0, 0.05) is 25.7 Å². The van der Waals surface area contributed by atoms with Crippen LogP contribution in [-0.4, -0.2) is 44.3 Å². The molecule has 0 bridgehead atoms. The number of ether oxygens (including phenoxy) is 1. The summed E-state index contributed by atoms with van der Waals surface area (Å²) in [4.78, 5) is 2.47. The molecule has 1 aromatic rings. The summed E-state index contributed by atoms with van der Waals surface area (Å²) < 4.78 is 5.50. The van der Waals surface area contributed by atoms with Gasteiger partial charge in [-0.15, -0.1) is 0 Å². The largest absolute Gasteiger partial charge is 0.380 e. The maximum atomic E-state index is 5.50. The maximum absolute atomic E-state index is 5.50. The summed E-state index contributed by atoms with van der Waals surface area (Å²) in [5, 5.41) is 3.70. The van der Waals surface area contributed by atoms with Gasteiger partial charge in [0.15, 0.2) is 0 Å². The van der Waals surface area contributed by atoms with Crippen LogP contribution in [0, 0.1) is 6.92 Å². The molecular weight excluding hydrogens is 260 g/mol. The van der Waals surface area contributed by atoms with Crippen molar-refractivity contribution in [3.8, 4) is 0 Å². The first kappa shape index (κ1) is 18.1. The normalized spacial score (nSPS) is 12.8. The van der Waals surface area contributed by atoms with Crippen LogP contribution in [-0.2, 0) is 4.74 Å². The number of nitrogens with one attached hydrogen (secondary N) is 1. The van der Waals surface area contributed by atoms with Crippen molar-refractivity contribution in [1.82, 2.24) is 10.2 Å². The summed E-state index contributed by atoms with van der Waals surface area (Å²) in [5.41, 5.74) is 2.78. The van der Waals surface area contributed by atoms with E-state index >= 15 is 0 Å². The first-order chi connectivity index (χ1) is 10.2. The molecule has 21 heavy (non-hydrogen) atoms. The van der Waals surface area contributed by atoms with Gasteiger partial charge in [0.1, 0.15) is 0 Å². The minimum absolute atomic E-state index is 0.396. The Morgan fingerprint density at radius 1 is 1.19 bits per heavy atom. The molecule has 0 saturated heterocycles. The molecule has 1 aromatic carbocycles. The Morgan fingerprint density at radius 2 is 1.95 bits per heavy atom. The molecule has 3 nitrogen and oxygen atoms in total. The Labute approximate surface area is 130 Å². The van der Waals surface area contributed by atoms with Gasteiger partial charge in [-0.25, -0.2) is 0 Å². The topological polar surface area (TPSA) is 24.5 Å². The second-order valence-corrected chi connectivity index (χ2v) is 5.45. The highest BCUT2D eigenvalue weighted by Crippen LogP contribution is 2.18. The van der Waals surface area contributed by atoms with Crippen molar-refractivity contribution in [3.63, 3.8) is 0 Å². The van der Waals surface area contributed by atoms with E-state index in [1.807, 2.05) is 0 Å². The van der Waals surface area contributed by atoms with Crippen LogP contribution in [0.3, 0.4) is 0 Å². The van der Waals surface area contributed by atoms with Crippen LogP contribution >= 0.6 is 0 Å². The highest BCUT2D eigenvalue weighted by molar-refractivity contribution is 5.29. The Balaban J connectivity index is 2.70. The predicted octanol–water partition coefficient (Wildman–Crippen LogP) is 3.39. The average Bonchev–Trinajstić information content (AvgIpc) is 2.50. The molecule has 0 amide bonds. The molecule has 1 unspecified atom stereocenters. The summed E-state index contributed by atoms with van der Waals surface area (Å²) in [5.74, 6) is 0. The molecule has 0 aliphatic carbocycles. The van der Waals surface area contributed by atoms with Gasteiger partial charge in [0.05, 0.1) is 6.61 Å². The van der Waals surface area contributed by atoms with Crippen molar-refractivity contribution in [3.05, 3.63) is 35.4 Å². The second-order valence-electron chi connectivity index (χ2n) is 5.45. The van der Waals surface area contributed by atoms with E-state index in [0.29, 0.717) is 6.04 Å². The molecule has 0 heterocycles. The first-order valence-electron chi connectivity index (χ1n) is 8.31. The fourth-order valence-corrected chi connectivity index (χ4v) is 2.54. The van der Waals surface area contributed by atoms with Crippen LogP contribution in [0.15, 0.2) is 24.3 Å². The number of benzene rings is 1. The first-order valence-corrected chi connectivity index (χ1v) is 8.31. The van der Waals surface area contributed by atoms with E-state index in [1.54, 1.807) is 0 Å². The summed E-state index contributed by atoms with van der Waals surface area (Å²) >= 11 is 0. The molecule has 0 radical (unpaired) electrons. The van der Waals surface area contributed by atoms with E-state index in [2.05, 4.69) is 62.2 Å². The van der Waals surface area contributed by atoms with E-state index in [0.717, 1.165) is 45.8 Å². The molecule has 0 spiro atoms. The third kappa shape index (κ3) is 6.60. The molecule has 1 rings (SSSR count). The lowest BCUT2D eigenvalue weighted by Gasteiger charge is -2.28. The van der Waals surface area contributed by atoms with E-state index in [-0.39, 0.29) is 0 Å². The second kappa shape index (κ2) is 10.8. The highest BCUT2D eigenvalue weighted by atomic mass is 16.5.